The van der Waals surface area contributed by atoms with Gasteiger partial charge < -0.3 is 36.4 Å². The number of carbonyl (C=O) groups is 1. The molecule has 3 aromatic rings. The van der Waals surface area contributed by atoms with E-state index in [1.807, 2.05) is 23.1 Å². The maximum absolute atomic E-state index is 14.2. The van der Waals surface area contributed by atoms with Gasteiger partial charge in [-0.1, -0.05) is 30.3 Å². The van der Waals surface area contributed by atoms with Gasteiger partial charge >= 0.3 is 12.1 Å². The minimum atomic E-state index is -4.71. The monoisotopic (exact) mass is 583 g/mol. The highest BCUT2D eigenvalue weighted by atomic mass is 19.4. The molecule has 2 atom stereocenters. The molecule has 1 aromatic heterocycles. The summed E-state index contributed by atoms with van der Waals surface area (Å²) in [5, 5.41) is 19.0. The SMILES string of the molecule is Nc1nc(O[C@H](c2ccc(-c3ccc4c(c3)NCCN4)cc2)C(F)(F)F)cc(N2CCC3(CC2)CNC(C(=O)O)C3)n1. The molecule has 3 aliphatic heterocycles. The number of hydrogen-bond acceptors (Lipinski definition) is 9. The van der Waals surface area contributed by atoms with Crippen molar-refractivity contribution < 1.29 is 27.8 Å². The molecule has 2 fully saturated rings. The van der Waals surface area contributed by atoms with E-state index in [0.717, 1.165) is 48.4 Å². The van der Waals surface area contributed by atoms with Crippen molar-refractivity contribution >= 4 is 29.1 Å². The minimum Gasteiger partial charge on any atom is -0.480 e. The largest absolute Gasteiger partial charge is 0.480 e. The van der Waals surface area contributed by atoms with Crippen LogP contribution in [0.4, 0.5) is 36.3 Å². The highest BCUT2D eigenvalue weighted by molar-refractivity contribution is 5.78. The molecule has 6 N–H and O–H groups in total. The van der Waals surface area contributed by atoms with Crippen LogP contribution in [-0.2, 0) is 4.79 Å². The number of nitrogens with two attached hydrogens (primary N) is 1. The lowest BCUT2D eigenvalue weighted by atomic mass is 9.76. The Morgan fingerprint density at radius 3 is 2.38 bits per heavy atom. The Bertz CT molecular complexity index is 1460. The number of alkyl halides is 3. The molecule has 0 saturated carbocycles. The molecule has 2 aromatic carbocycles. The summed E-state index contributed by atoms with van der Waals surface area (Å²) in [5.41, 5.74) is 9.29. The third-order valence-corrected chi connectivity index (χ3v) is 8.37. The van der Waals surface area contributed by atoms with Gasteiger partial charge in [-0.05, 0) is 47.9 Å². The summed E-state index contributed by atoms with van der Waals surface area (Å²) in [6.07, 6.45) is -4.99. The summed E-state index contributed by atoms with van der Waals surface area (Å²) in [4.78, 5) is 21.5. The second kappa shape index (κ2) is 10.9. The Morgan fingerprint density at radius 2 is 1.71 bits per heavy atom. The Balaban J connectivity index is 1.18. The second-order valence-corrected chi connectivity index (χ2v) is 11.2. The third kappa shape index (κ3) is 5.73. The maximum atomic E-state index is 14.2. The van der Waals surface area contributed by atoms with Crippen LogP contribution in [0.2, 0.25) is 0 Å². The first kappa shape index (κ1) is 27.9. The van der Waals surface area contributed by atoms with Crippen molar-refractivity contribution in [3.05, 3.63) is 54.1 Å². The maximum Gasteiger partial charge on any atom is 0.429 e. The molecule has 1 unspecified atom stereocenters. The van der Waals surface area contributed by atoms with Gasteiger partial charge in [-0.15, -0.1) is 0 Å². The van der Waals surface area contributed by atoms with Crippen molar-refractivity contribution in [1.29, 1.82) is 0 Å². The molecular formula is C29H32F3N7O3. The van der Waals surface area contributed by atoms with Crippen molar-refractivity contribution in [2.45, 2.75) is 37.6 Å². The van der Waals surface area contributed by atoms with Crippen LogP contribution in [-0.4, -0.2) is 66.0 Å². The Labute approximate surface area is 240 Å². The van der Waals surface area contributed by atoms with Gasteiger partial charge in [0.1, 0.15) is 11.9 Å². The van der Waals surface area contributed by atoms with Crippen LogP contribution in [0.25, 0.3) is 11.1 Å². The number of anilines is 4. The quantitative estimate of drug-likeness (QED) is 0.286. The first-order chi connectivity index (χ1) is 20.1. The lowest BCUT2D eigenvalue weighted by Crippen LogP contribution is -2.41. The number of nitrogen functional groups attached to an aromatic ring is 1. The van der Waals surface area contributed by atoms with E-state index in [9.17, 15) is 23.1 Å². The molecule has 10 nitrogen and oxygen atoms in total. The van der Waals surface area contributed by atoms with Crippen molar-refractivity contribution in [3.8, 4) is 17.0 Å². The number of fused-ring (bicyclic) bond motifs is 1. The fraction of sp³-hybridized carbons (Fsp3) is 0.414. The number of aromatic nitrogens is 2. The van der Waals surface area contributed by atoms with Crippen LogP contribution in [0.1, 0.15) is 30.9 Å². The van der Waals surface area contributed by atoms with Gasteiger partial charge in [0.25, 0.3) is 0 Å². The highest BCUT2D eigenvalue weighted by Gasteiger charge is 2.45. The smallest absolute Gasteiger partial charge is 0.429 e. The number of nitrogens with one attached hydrogen (secondary N) is 3. The van der Waals surface area contributed by atoms with Crippen LogP contribution >= 0.6 is 0 Å². The standard InChI is InChI=1S/C29H32F3N7O3/c30-29(31,32)25(18-3-1-17(2-4-18)19-5-6-20-21(13-19)35-10-9-34-20)42-24-14-23(37-27(33)38-24)39-11-7-28(8-12-39)15-22(26(40)41)36-16-28/h1-6,13-14,22,25,34-36H,7-12,15-16H2,(H,40,41)(H2,33,37,38)/t22?,25-/m1/s1. The summed E-state index contributed by atoms with van der Waals surface area (Å²) in [5.74, 6) is -0.948. The van der Waals surface area contributed by atoms with Gasteiger partial charge in [-0.3, -0.25) is 4.79 Å². The van der Waals surface area contributed by atoms with Crippen molar-refractivity contribution in [1.82, 2.24) is 15.3 Å². The lowest BCUT2D eigenvalue weighted by Gasteiger charge is -2.39. The zero-order valence-corrected chi connectivity index (χ0v) is 22.7. The predicted molar refractivity (Wildman–Crippen MR) is 153 cm³/mol. The number of rotatable bonds is 6. The van der Waals surface area contributed by atoms with E-state index in [1.165, 1.54) is 18.2 Å². The molecule has 2 saturated heterocycles. The van der Waals surface area contributed by atoms with E-state index < -0.39 is 24.3 Å². The van der Waals surface area contributed by atoms with Crippen molar-refractivity contribution in [3.63, 3.8) is 0 Å². The van der Waals surface area contributed by atoms with Crippen LogP contribution in [0.15, 0.2) is 48.5 Å². The Kier molecular flexibility index (Phi) is 7.21. The van der Waals surface area contributed by atoms with Gasteiger partial charge in [0.2, 0.25) is 17.9 Å². The van der Waals surface area contributed by atoms with Crippen LogP contribution in [0.5, 0.6) is 5.88 Å². The van der Waals surface area contributed by atoms with Gasteiger partial charge in [0, 0.05) is 44.4 Å². The minimum absolute atomic E-state index is 0.0654. The number of benzene rings is 2. The second-order valence-electron chi connectivity index (χ2n) is 11.2. The molecule has 222 valence electrons. The zero-order valence-electron chi connectivity index (χ0n) is 22.7. The summed E-state index contributed by atoms with van der Waals surface area (Å²) in [7, 11) is 0. The predicted octanol–water partition coefficient (Wildman–Crippen LogP) is 4.28. The van der Waals surface area contributed by atoms with Crippen molar-refractivity contribution in [2.75, 3.05) is 54.0 Å². The molecule has 0 amide bonds. The number of halogens is 3. The number of carboxylic acid groups (broad SMARTS) is 1. The van der Waals surface area contributed by atoms with E-state index in [-0.39, 0.29) is 22.8 Å². The summed E-state index contributed by atoms with van der Waals surface area (Å²) < 4.78 is 48.2. The summed E-state index contributed by atoms with van der Waals surface area (Å²) in [6.45, 7) is 3.35. The van der Waals surface area contributed by atoms with Gasteiger partial charge in [-0.2, -0.15) is 23.1 Å². The average molecular weight is 584 g/mol. The fourth-order valence-electron chi connectivity index (χ4n) is 6.05. The molecule has 6 rings (SSSR count). The van der Waals surface area contributed by atoms with Gasteiger partial charge in [0.05, 0.1) is 11.4 Å². The average Bonchev–Trinajstić information content (AvgIpc) is 3.39. The highest BCUT2D eigenvalue weighted by Crippen LogP contribution is 2.42. The Morgan fingerprint density at radius 1 is 1.02 bits per heavy atom. The molecule has 0 bridgehead atoms. The number of ether oxygens (including phenoxy) is 1. The van der Waals surface area contributed by atoms with E-state index in [2.05, 4.69) is 25.9 Å². The third-order valence-electron chi connectivity index (χ3n) is 8.37. The normalized spacial score (nSPS) is 20.4. The zero-order chi connectivity index (χ0) is 29.5. The van der Waals surface area contributed by atoms with Crippen LogP contribution in [0, 0.1) is 5.41 Å². The number of nitrogens with zero attached hydrogens (tertiary/aromatic N) is 3. The number of carboxylic acids is 1. The molecule has 4 heterocycles. The molecule has 0 radical (unpaired) electrons. The number of aliphatic carboxylic acids is 1. The fourth-order valence-corrected chi connectivity index (χ4v) is 6.05. The van der Waals surface area contributed by atoms with Gasteiger partial charge in [-0.25, -0.2) is 0 Å². The summed E-state index contributed by atoms with van der Waals surface area (Å²) >= 11 is 0. The molecular weight excluding hydrogens is 551 g/mol. The first-order valence-electron chi connectivity index (χ1n) is 13.9. The summed E-state index contributed by atoms with van der Waals surface area (Å²) in [6, 6.07) is 12.8. The molecule has 0 aliphatic carbocycles. The lowest BCUT2D eigenvalue weighted by molar-refractivity contribution is -0.198. The van der Waals surface area contributed by atoms with Gasteiger partial charge in [0.15, 0.2) is 0 Å². The molecule has 42 heavy (non-hydrogen) atoms. The molecule has 1 spiro atoms. The van der Waals surface area contributed by atoms with E-state index in [4.69, 9.17) is 10.5 Å². The van der Waals surface area contributed by atoms with E-state index in [0.29, 0.717) is 31.9 Å². The molecule has 3 aliphatic rings. The topological polar surface area (TPSA) is 138 Å². The van der Waals surface area contributed by atoms with E-state index in [1.54, 1.807) is 12.1 Å². The van der Waals surface area contributed by atoms with Crippen LogP contribution in [0.3, 0.4) is 0 Å². The first-order valence-corrected chi connectivity index (χ1v) is 13.9. The van der Waals surface area contributed by atoms with Crippen LogP contribution < -0.4 is 31.3 Å². The Hall–Kier alpha value is -4.26. The van der Waals surface area contributed by atoms with E-state index >= 15 is 0 Å². The van der Waals surface area contributed by atoms with Crippen molar-refractivity contribution in [2.24, 2.45) is 5.41 Å². The number of hydrogen-bond donors (Lipinski definition) is 5. The molecule has 13 heteroatoms. The number of piperidine rings is 1.